The molecule has 1 N–H and O–H groups in total. The van der Waals surface area contributed by atoms with Gasteiger partial charge in [-0.25, -0.2) is 9.97 Å². The van der Waals surface area contributed by atoms with E-state index in [0.717, 1.165) is 29.7 Å². The molecule has 0 spiro atoms. The van der Waals surface area contributed by atoms with Crippen LogP contribution >= 0.6 is 0 Å². The first-order valence-corrected chi connectivity index (χ1v) is 8.89. The van der Waals surface area contributed by atoms with Gasteiger partial charge in [0.25, 0.3) is 5.91 Å². The second-order valence-corrected chi connectivity index (χ2v) is 6.84. The van der Waals surface area contributed by atoms with Crippen molar-refractivity contribution in [2.24, 2.45) is 14.1 Å². The fraction of sp³-hybridized carbons (Fsp3) is 0.421. The average Bonchev–Trinajstić information content (AvgIpc) is 3.16. The smallest absolute Gasteiger partial charge is 0.270 e. The molecule has 1 aliphatic carbocycles. The molecule has 1 amide bonds. The highest BCUT2D eigenvalue weighted by atomic mass is 16.2. The maximum Gasteiger partial charge on any atom is 0.270 e. The van der Waals surface area contributed by atoms with Gasteiger partial charge >= 0.3 is 0 Å². The van der Waals surface area contributed by atoms with E-state index in [0.29, 0.717) is 11.4 Å². The summed E-state index contributed by atoms with van der Waals surface area (Å²) in [5.41, 5.74) is 3.14. The Balaban J connectivity index is 1.71. The maximum atomic E-state index is 12.9. The predicted molar refractivity (Wildman–Crippen MR) is 97.3 cm³/mol. The molecular weight excluding hydrogens is 314 g/mol. The van der Waals surface area contributed by atoms with Gasteiger partial charge in [-0.05, 0) is 25.0 Å². The van der Waals surface area contributed by atoms with Crippen LogP contribution in [0.1, 0.15) is 42.6 Å². The van der Waals surface area contributed by atoms with Crippen LogP contribution in [-0.2, 0) is 14.1 Å². The highest BCUT2D eigenvalue weighted by Crippen LogP contribution is 2.26. The van der Waals surface area contributed by atoms with Crippen LogP contribution in [0.2, 0.25) is 0 Å². The molecule has 1 saturated carbocycles. The van der Waals surface area contributed by atoms with Crippen LogP contribution in [-0.4, -0.2) is 31.1 Å². The van der Waals surface area contributed by atoms with E-state index in [1.807, 2.05) is 42.9 Å². The van der Waals surface area contributed by atoms with Gasteiger partial charge in [-0.2, -0.15) is 0 Å². The number of carbonyl (C=O) groups excluding carboxylic acids is 1. The van der Waals surface area contributed by atoms with Crippen molar-refractivity contribution in [2.75, 3.05) is 0 Å². The lowest BCUT2D eigenvalue weighted by atomic mass is 9.95. The van der Waals surface area contributed by atoms with E-state index < -0.39 is 0 Å². The molecule has 2 aromatic heterocycles. The third kappa shape index (κ3) is 2.81. The topological polar surface area (TPSA) is 64.7 Å². The standard InChI is InChI=1S/C19H23N5O/c1-23-12-20-16(17(23)19(25)21-13-8-4-3-5-9-13)18-22-14-10-6-7-11-15(14)24(18)2/h6-7,10-13H,3-5,8-9H2,1-2H3,(H,21,25). The number of amides is 1. The second-order valence-electron chi connectivity index (χ2n) is 6.84. The Labute approximate surface area is 146 Å². The van der Waals surface area contributed by atoms with E-state index >= 15 is 0 Å². The third-order valence-corrected chi connectivity index (χ3v) is 5.09. The number of imidazole rings is 2. The number of para-hydroxylation sites is 2. The summed E-state index contributed by atoms with van der Waals surface area (Å²) in [6, 6.07) is 8.22. The number of rotatable bonds is 3. The predicted octanol–water partition coefficient (Wildman–Crippen LogP) is 3.04. The van der Waals surface area contributed by atoms with Crippen LogP contribution < -0.4 is 5.32 Å². The van der Waals surface area contributed by atoms with Crippen LogP contribution in [0, 0.1) is 0 Å². The number of benzene rings is 1. The van der Waals surface area contributed by atoms with Crippen molar-refractivity contribution >= 4 is 16.9 Å². The lowest BCUT2D eigenvalue weighted by molar-refractivity contribution is 0.0920. The van der Waals surface area contributed by atoms with Gasteiger partial charge < -0.3 is 14.5 Å². The molecule has 0 radical (unpaired) electrons. The quantitative estimate of drug-likeness (QED) is 0.799. The van der Waals surface area contributed by atoms with Gasteiger partial charge in [0, 0.05) is 20.1 Å². The molecule has 130 valence electrons. The molecule has 0 saturated heterocycles. The van der Waals surface area contributed by atoms with E-state index in [4.69, 9.17) is 4.98 Å². The molecule has 6 heteroatoms. The van der Waals surface area contributed by atoms with Crippen molar-refractivity contribution in [3.63, 3.8) is 0 Å². The summed E-state index contributed by atoms with van der Waals surface area (Å²) >= 11 is 0. The molecule has 0 aliphatic heterocycles. The molecule has 1 aromatic carbocycles. The van der Waals surface area contributed by atoms with Gasteiger partial charge in [-0.15, -0.1) is 0 Å². The summed E-state index contributed by atoms with van der Waals surface area (Å²) in [6.45, 7) is 0. The van der Waals surface area contributed by atoms with Crippen molar-refractivity contribution in [3.05, 3.63) is 36.3 Å². The Morgan fingerprint density at radius 3 is 2.68 bits per heavy atom. The van der Waals surface area contributed by atoms with Crippen LogP contribution in [0.4, 0.5) is 0 Å². The molecular formula is C19H23N5O. The first-order valence-electron chi connectivity index (χ1n) is 8.89. The number of hydrogen-bond donors (Lipinski definition) is 1. The van der Waals surface area contributed by atoms with E-state index in [2.05, 4.69) is 10.3 Å². The largest absolute Gasteiger partial charge is 0.348 e. The minimum atomic E-state index is -0.0612. The second kappa shape index (κ2) is 6.35. The van der Waals surface area contributed by atoms with Gasteiger partial charge in [0.2, 0.25) is 0 Å². The maximum absolute atomic E-state index is 12.9. The van der Waals surface area contributed by atoms with Crippen molar-refractivity contribution in [2.45, 2.75) is 38.1 Å². The highest BCUT2D eigenvalue weighted by molar-refractivity contribution is 5.98. The zero-order chi connectivity index (χ0) is 17.4. The highest BCUT2D eigenvalue weighted by Gasteiger charge is 2.25. The van der Waals surface area contributed by atoms with Crippen molar-refractivity contribution in [1.29, 1.82) is 0 Å². The Kier molecular flexibility index (Phi) is 4.03. The summed E-state index contributed by atoms with van der Waals surface area (Å²) in [4.78, 5) is 22.1. The lowest BCUT2D eigenvalue weighted by Gasteiger charge is -2.23. The number of nitrogens with one attached hydrogen (secondary N) is 1. The summed E-state index contributed by atoms with van der Waals surface area (Å²) in [5, 5.41) is 3.19. The minimum absolute atomic E-state index is 0.0612. The third-order valence-electron chi connectivity index (χ3n) is 5.09. The van der Waals surface area contributed by atoms with Gasteiger partial charge in [0.15, 0.2) is 5.82 Å². The number of fused-ring (bicyclic) bond motifs is 1. The van der Waals surface area contributed by atoms with Crippen LogP contribution in [0.15, 0.2) is 30.6 Å². The Hall–Kier alpha value is -2.63. The zero-order valence-electron chi connectivity index (χ0n) is 14.7. The van der Waals surface area contributed by atoms with E-state index in [1.165, 1.54) is 19.3 Å². The summed E-state index contributed by atoms with van der Waals surface area (Å²) in [5.74, 6) is 0.657. The summed E-state index contributed by atoms with van der Waals surface area (Å²) < 4.78 is 3.78. The normalized spacial score (nSPS) is 15.6. The zero-order valence-corrected chi connectivity index (χ0v) is 14.7. The monoisotopic (exact) mass is 337 g/mol. The number of hydrogen-bond acceptors (Lipinski definition) is 3. The molecule has 0 atom stereocenters. The molecule has 0 bridgehead atoms. The van der Waals surface area contributed by atoms with E-state index in [9.17, 15) is 4.79 Å². The van der Waals surface area contributed by atoms with Gasteiger partial charge in [0.05, 0.1) is 17.4 Å². The van der Waals surface area contributed by atoms with Crippen LogP contribution in [0.3, 0.4) is 0 Å². The average molecular weight is 337 g/mol. The Morgan fingerprint density at radius 2 is 1.92 bits per heavy atom. The van der Waals surface area contributed by atoms with Gasteiger partial charge in [0.1, 0.15) is 11.4 Å². The van der Waals surface area contributed by atoms with Crippen molar-refractivity contribution in [1.82, 2.24) is 24.4 Å². The minimum Gasteiger partial charge on any atom is -0.348 e. The number of carbonyl (C=O) groups is 1. The summed E-state index contributed by atoms with van der Waals surface area (Å²) in [6.07, 6.45) is 7.45. The van der Waals surface area contributed by atoms with Crippen molar-refractivity contribution < 1.29 is 4.79 Å². The fourth-order valence-corrected chi connectivity index (χ4v) is 3.72. The number of nitrogens with zero attached hydrogens (tertiary/aromatic N) is 4. The van der Waals surface area contributed by atoms with Crippen LogP contribution in [0.5, 0.6) is 0 Å². The molecule has 4 rings (SSSR count). The van der Waals surface area contributed by atoms with Crippen molar-refractivity contribution in [3.8, 4) is 11.5 Å². The molecule has 1 fully saturated rings. The number of aromatic nitrogens is 4. The Bertz CT molecular complexity index is 917. The molecule has 3 aromatic rings. The first-order chi connectivity index (χ1) is 12.1. The SMILES string of the molecule is Cn1cnc(-c2nc3ccccc3n2C)c1C(=O)NC1CCCCC1. The Morgan fingerprint density at radius 1 is 1.16 bits per heavy atom. The van der Waals surface area contributed by atoms with Crippen LogP contribution in [0.25, 0.3) is 22.6 Å². The fourth-order valence-electron chi connectivity index (χ4n) is 3.72. The van der Waals surface area contributed by atoms with E-state index in [1.54, 1.807) is 10.9 Å². The first kappa shape index (κ1) is 15.9. The van der Waals surface area contributed by atoms with E-state index in [-0.39, 0.29) is 11.9 Å². The molecule has 2 heterocycles. The molecule has 25 heavy (non-hydrogen) atoms. The van der Waals surface area contributed by atoms with Gasteiger partial charge in [-0.1, -0.05) is 31.4 Å². The molecule has 1 aliphatic rings. The van der Waals surface area contributed by atoms with Gasteiger partial charge in [-0.3, -0.25) is 4.79 Å². The summed E-state index contributed by atoms with van der Waals surface area (Å²) in [7, 11) is 3.82. The number of aryl methyl sites for hydroxylation is 2. The lowest BCUT2D eigenvalue weighted by Crippen LogP contribution is -2.37. The molecule has 0 unspecified atom stereocenters. The molecule has 6 nitrogen and oxygen atoms in total.